The molecular weight excluding hydrogens is 535 g/mol. The maximum Gasteiger partial charge on any atom is 0.417 e. The predicted octanol–water partition coefficient (Wildman–Crippen LogP) is 4.08. The number of halogens is 3. The maximum absolute atomic E-state index is 14.0. The van der Waals surface area contributed by atoms with Crippen LogP contribution in [0.4, 0.5) is 24.7 Å². The Labute approximate surface area is 235 Å². The molecule has 1 aromatic heterocycles. The number of likely N-dealkylation sites (tertiary alicyclic amines) is 1. The van der Waals surface area contributed by atoms with E-state index < -0.39 is 11.7 Å². The van der Waals surface area contributed by atoms with Crippen molar-refractivity contribution >= 4 is 28.3 Å². The number of hydrogen-bond donors (Lipinski definition) is 1. The van der Waals surface area contributed by atoms with Crippen molar-refractivity contribution in [2.45, 2.75) is 25.1 Å². The summed E-state index contributed by atoms with van der Waals surface area (Å²) in [6.45, 7) is 6.64. The van der Waals surface area contributed by atoms with Crippen LogP contribution in [0.5, 0.6) is 6.01 Å². The molecule has 9 nitrogen and oxygen atoms in total. The lowest BCUT2D eigenvalue weighted by atomic mass is 9.93. The number of carbonyl (C=O) groups is 1. The third kappa shape index (κ3) is 5.76. The van der Waals surface area contributed by atoms with Gasteiger partial charge < -0.3 is 25.2 Å². The number of amides is 1. The first kappa shape index (κ1) is 28.2. The smallest absolute Gasteiger partial charge is 0.417 e. The van der Waals surface area contributed by atoms with Gasteiger partial charge in [-0.3, -0.25) is 4.79 Å². The van der Waals surface area contributed by atoms with Crippen molar-refractivity contribution in [1.29, 1.82) is 5.26 Å². The molecular formula is C29H30F3N7O2. The number of fused-ring (bicyclic) bond motifs is 1. The van der Waals surface area contributed by atoms with Crippen molar-refractivity contribution in [2.75, 3.05) is 57.0 Å². The van der Waals surface area contributed by atoms with Gasteiger partial charge in [0.15, 0.2) is 0 Å². The summed E-state index contributed by atoms with van der Waals surface area (Å²) in [6, 6.07) is 8.63. The summed E-state index contributed by atoms with van der Waals surface area (Å²) in [5.41, 5.74) is 5.32. The highest BCUT2D eigenvalue weighted by atomic mass is 19.4. The number of nitrogens with two attached hydrogens (primary N) is 1. The number of alkyl halides is 3. The maximum atomic E-state index is 14.0. The molecule has 214 valence electrons. The van der Waals surface area contributed by atoms with Crippen LogP contribution in [-0.2, 0) is 11.0 Å². The molecule has 0 spiro atoms. The van der Waals surface area contributed by atoms with Gasteiger partial charge in [-0.1, -0.05) is 6.58 Å². The summed E-state index contributed by atoms with van der Waals surface area (Å²) >= 11 is 0. The third-order valence-electron chi connectivity index (χ3n) is 7.70. The molecule has 1 atom stereocenters. The van der Waals surface area contributed by atoms with Crippen LogP contribution in [0.1, 0.15) is 24.0 Å². The first-order chi connectivity index (χ1) is 19.6. The average Bonchev–Trinajstić information content (AvgIpc) is 3.38. The van der Waals surface area contributed by atoms with E-state index >= 15 is 0 Å². The van der Waals surface area contributed by atoms with Crippen LogP contribution in [0.2, 0.25) is 0 Å². The summed E-state index contributed by atoms with van der Waals surface area (Å²) in [6.07, 6.45) is -1.36. The molecule has 2 aliphatic heterocycles. The molecule has 1 unspecified atom stereocenters. The largest absolute Gasteiger partial charge is 0.462 e. The fraction of sp³-hybridized carbons (Fsp3) is 0.379. The molecule has 3 heterocycles. The van der Waals surface area contributed by atoms with E-state index in [2.05, 4.69) is 16.5 Å². The van der Waals surface area contributed by atoms with Gasteiger partial charge in [0.1, 0.15) is 12.4 Å². The summed E-state index contributed by atoms with van der Waals surface area (Å²) in [4.78, 5) is 27.2. The van der Waals surface area contributed by atoms with E-state index in [1.54, 1.807) is 4.90 Å². The highest BCUT2D eigenvalue weighted by molar-refractivity contribution is 5.96. The van der Waals surface area contributed by atoms with Crippen LogP contribution in [0.3, 0.4) is 0 Å². The Hall–Kier alpha value is -4.37. The van der Waals surface area contributed by atoms with Crippen LogP contribution in [0.15, 0.2) is 43.0 Å². The Morgan fingerprint density at radius 2 is 1.93 bits per heavy atom. The fourth-order valence-electron chi connectivity index (χ4n) is 5.42. The number of rotatable bonds is 6. The number of nitrogen functional groups attached to an aromatic ring is 1. The zero-order valence-electron chi connectivity index (χ0n) is 22.6. The molecule has 2 aromatic carbocycles. The Kier molecular flexibility index (Phi) is 7.73. The van der Waals surface area contributed by atoms with Crippen molar-refractivity contribution in [2.24, 2.45) is 0 Å². The topological polar surface area (TPSA) is 112 Å². The monoisotopic (exact) mass is 565 g/mol. The number of likely N-dealkylation sites (N-methyl/N-ethyl adjacent to an activating group) is 1. The molecule has 1 amide bonds. The Morgan fingerprint density at radius 3 is 2.56 bits per heavy atom. The number of nitrogens with zero attached hydrogens (tertiary/aromatic N) is 6. The van der Waals surface area contributed by atoms with E-state index in [0.717, 1.165) is 25.5 Å². The average molecular weight is 566 g/mol. The van der Waals surface area contributed by atoms with Crippen molar-refractivity contribution in [3.05, 3.63) is 54.1 Å². The quantitative estimate of drug-likeness (QED) is 0.352. The van der Waals surface area contributed by atoms with E-state index in [4.69, 9.17) is 15.5 Å². The van der Waals surface area contributed by atoms with Gasteiger partial charge in [0.2, 0.25) is 5.91 Å². The number of anilines is 2. The van der Waals surface area contributed by atoms with Crippen molar-refractivity contribution in [1.82, 2.24) is 19.8 Å². The van der Waals surface area contributed by atoms with E-state index in [-0.39, 0.29) is 40.3 Å². The zero-order chi connectivity index (χ0) is 29.3. The number of carbonyl (C=O) groups excluding carboxylic acids is 1. The van der Waals surface area contributed by atoms with Crippen LogP contribution in [0, 0.1) is 11.3 Å². The summed E-state index contributed by atoms with van der Waals surface area (Å²) in [7, 11) is 2.03. The number of benzene rings is 2. The van der Waals surface area contributed by atoms with Crippen molar-refractivity contribution < 1.29 is 22.7 Å². The van der Waals surface area contributed by atoms with Crippen LogP contribution in [0.25, 0.3) is 22.0 Å². The summed E-state index contributed by atoms with van der Waals surface area (Å²) < 4.78 is 47.9. The Balaban J connectivity index is 1.62. The standard InChI is InChI=1S/C29H30F3N7O2/c1-3-26(40)38-9-11-39(12-10-38)27-23-13-18(16-33)21(22-14-19(34)6-7-24(22)29(30,31)32)15-25(23)35-28(36-27)41-17-20-5-4-8-37(20)2/h3,6-7,13-15,20H,1,4-5,8-12,17,34H2,2H3. The number of piperazine rings is 1. The molecule has 2 N–H and O–H groups in total. The molecule has 5 rings (SSSR count). The molecule has 41 heavy (non-hydrogen) atoms. The number of ether oxygens (including phenoxy) is 1. The van der Waals surface area contributed by atoms with Crippen molar-refractivity contribution in [3.63, 3.8) is 0 Å². The van der Waals surface area contributed by atoms with E-state index in [1.807, 2.05) is 18.0 Å². The summed E-state index contributed by atoms with van der Waals surface area (Å²) in [5.74, 6) is 0.322. The summed E-state index contributed by atoms with van der Waals surface area (Å²) in [5, 5.41) is 10.5. The Bertz CT molecular complexity index is 1530. The van der Waals surface area contributed by atoms with E-state index in [0.29, 0.717) is 49.5 Å². The lowest BCUT2D eigenvalue weighted by Gasteiger charge is -2.35. The van der Waals surface area contributed by atoms with Gasteiger partial charge in [-0.15, -0.1) is 0 Å². The minimum Gasteiger partial charge on any atom is -0.462 e. The van der Waals surface area contributed by atoms with Gasteiger partial charge in [0.05, 0.1) is 22.7 Å². The highest BCUT2D eigenvalue weighted by Crippen LogP contribution is 2.41. The normalized spacial score (nSPS) is 18.0. The molecule has 0 saturated carbocycles. The lowest BCUT2D eigenvalue weighted by Crippen LogP contribution is -2.48. The van der Waals surface area contributed by atoms with Crippen LogP contribution in [-0.4, -0.2) is 78.1 Å². The highest BCUT2D eigenvalue weighted by Gasteiger charge is 2.34. The molecule has 2 saturated heterocycles. The second-order valence-corrected chi connectivity index (χ2v) is 10.3. The second kappa shape index (κ2) is 11.2. The van der Waals surface area contributed by atoms with Crippen LogP contribution >= 0.6 is 0 Å². The molecule has 0 aliphatic carbocycles. The molecule has 0 radical (unpaired) electrons. The van der Waals surface area contributed by atoms with Crippen molar-refractivity contribution in [3.8, 4) is 23.2 Å². The van der Waals surface area contributed by atoms with E-state index in [9.17, 15) is 23.2 Å². The van der Waals surface area contributed by atoms with Gasteiger partial charge in [-0.25, -0.2) is 0 Å². The van der Waals surface area contributed by atoms with E-state index in [1.165, 1.54) is 30.3 Å². The second-order valence-electron chi connectivity index (χ2n) is 10.3. The van der Waals surface area contributed by atoms with Gasteiger partial charge >= 0.3 is 12.2 Å². The SMILES string of the molecule is C=CC(=O)N1CCN(c2nc(OCC3CCCN3C)nc3cc(-c4cc(N)ccc4C(F)(F)F)c(C#N)cc23)CC1. The minimum atomic E-state index is -4.66. The van der Waals surface area contributed by atoms with Crippen LogP contribution < -0.4 is 15.4 Å². The molecule has 3 aromatic rings. The first-order valence-corrected chi connectivity index (χ1v) is 13.3. The zero-order valence-corrected chi connectivity index (χ0v) is 22.6. The van der Waals surface area contributed by atoms with Gasteiger partial charge in [-0.05, 0) is 68.4 Å². The molecule has 0 bridgehead atoms. The minimum absolute atomic E-state index is 0.0279. The van der Waals surface area contributed by atoms with Gasteiger partial charge in [0, 0.05) is 48.9 Å². The van der Waals surface area contributed by atoms with Gasteiger partial charge in [-0.2, -0.15) is 28.4 Å². The number of aromatic nitrogens is 2. The predicted molar refractivity (Wildman–Crippen MR) is 149 cm³/mol. The fourth-order valence-corrected chi connectivity index (χ4v) is 5.42. The molecule has 12 heteroatoms. The lowest BCUT2D eigenvalue weighted by molar-refractivity contribution is -0.137. The van der Waals surface area contributed by atoms with Gasteiger partial charge in [0.25, 0.3) is 0 Å². The first-order valence-electron chi connectivity index (χ1n) is 13.3. The third-order valence-corrected chi connectivity index (χ3v) is 7.70. The number of nitriles is 1. The molecule has 2 aliphatic rings. The number of hydrogen-bond acceptors (Lipinski definition) is 8. The Morgan fingerprint density at radius 1 is 1.17 bits per heavy atom. The molecule has 2 fully saturated rings.